The smallest absolute Gasteiger partial charge is 0.313 e. The summed E-state index contributed by atoms with van der Waals surface area (Å²) in [6, 6.07) is 0.348. The first-order valence-electron chi connectivity index (χ1n) is 6.24. The van der Waals surface area contributed by atoms with Crippen LogP contribution in [0.3, 0.4) is 0 Å². The van der Waals surface area contributed by atoms with Crippen molar-refractivity contribution in [3.05, 3.63) is 0 Å². The number of ketones is 1. The minimum Gasteiger partial charge on any atom is -0.466 e. The van der Waals surface area contributed by atoms with E-state index >= 15 is 0 Å². The van der Waals surface area contributed by atoms with Gasteiger partial charge >= 0.3 is 5.97 Å². The highest BCUT2D eigenvalue weighted by Crippen LogP contribution is 2.09. The second-order valence-electron chi connectivity index (χ2n) is 4.91. The van der Waals surface area contributed by atoms with Crippen LogP contribution in [-0.2, 0) is 14.3 Å². The van der Waals surface area contributed by atoms with Crippen molar-refractivity contribution in [2.24, 2.45) is 5.92 Å². The largest absolute Gasteiger partial charge is 0.466 e. The Morgan fingerprint density at radius 2 is 1.82 bits per heavy atom. The third-order valence-electron chi connectivity index (χ3n) is 2.64. The molecule has 17 heavy (non-hydrogen) atoms. The summed E-state index contributed by atoms with van der Waals surface area (Å²) >= 11 is 0. The molecule has 0 aliphatic rings. The Labute approximate surface area is 104 Å². The minimum atomic E-state index is -0.428. The number of carbonyl (C=O) groups excluding carboxylic acids is 2. The van der Waals surface area contributed by atoms with Gasteiger partial charge in [0.05, 0.1) is 13.2 Å². The minimum absolute atomic E-state index is 0.0819. The van der Waals surface area contributed by atoms with Crippen molar-refractivity contribution in [2.45, 2.75) is 46.6 Å². The number of Topliss-reactive ketones (excluding diaryl/α,β-unsaturated/α-hetero) is 1. The summed E-state index contributed by atoms with van der Waals surface area (Å²) in [5.41, 5.74) is 0. The van der Waals surface area contributed by atoms with Gasteiger partial charge in [0.2, 0.25) is 0 Å². The first-order valence-corrected chi connectivity index (χ1v) is 6.24. The number of esters is 1. The molecule has 0 saturated carbocycles. The van der Waals surface area contributed by atoms with Crippen LogP contribution in [0.4, 0.5) is 0 Å². The molecule has 0 bridgehead atoms. The lowest BCUT2D eigenvalue weighted by molar-refractivity contribution is -0.145. The number of rotatable bonds is 8. The van der Waals surface area contributed by atoms with E-state index in [-0.39, 0.29) is 12.2 Å². The first-order chi connectivity index (χ1) is 7.86. The van der Waals surface area contributed by atoms with Gasteiger partial charge in [-0.05, 0) is 33.2 Å². The van der Waals surface area contributed by atoms with Crippen molar-refractivity contribution in [2.75, 3.05) is 20.2 Å². The zero-order chi connectivity index (χ0) is 13.4. The highest BCUT2D eigenvalue weighted by atomic mass is 16.5. The number of likely N-dealkylation sites (N-methyl/N-ethyl adjacent to an activating group) is 1. The fourth-order valence-corrected chi connectivity index (χ4v) is 1.73. The van der Waals surface area contributed by atoms with Gasteiger partial charge in [-0.25, -0.2) is 0 Å². The quantitative estimate of drug-likeness (QED) is 0.482. The maximum absolute atomic E-state index is 11.6. The summed E-state index contributed by atoms with van der Waals surface area (Å²) in [5.74, 6) is 0.0941. The highest BCUT2D eigenvalue weighted by Gasteiger charge is 2.16. The molecular formula is C13H25NO3. The van der Waals surface area contributed by atoms with Crippen LogP contribution in [0.15, 0.2) is 0 Å². The Balaban J connectivity index is 3.98. The van der Waals surface area contributed by atoms with E-state index in [9.17, 15) is 9.59 Å². The molecule has 0 aromatic rings. The van der Waals surface area contributed by atoms with E-state index < -0.39 is 5.97 Å². The molecule has 0 saturated heterocycles. The van der Waals surface area contributed by atoms with Gasteiger partial charge in [0.15, 0.2) is 5.78 Å². The number of carbonyl (C=O) groups is 2. The fourth-order valence-electron chi connectivity index (χ4n) is 1.73. The molecule has 1 unspecified atom stereocenters. The van der Waals surface area contributed by atoms with Crippen molar-refractivity contribution in [1.82, 2.24) is 4.90 Å². The molecule has 0 N–H and O–H groups in total. The molecule has 0 aliphatic heterocycles. The number of ether oxygens (including phenoxy) is 1. The Kier molecular flexibility index (Phi) is 7.79. The molecule has 0 rings (SSSR count). The summed E-state index contributed by atoms with van der Waals surface area (Å²) in [4.78, 5) is 24.7. The zero-order valence-electron chi connectivity index (χ0n) is 11.7. The second-order valence-corrected chi connectivity index (χ2v) is 4.91. The van der Waals surface area contributed by atoms with Crippen LogP contribution < -0.4 is 0 Å². The number of hydrogen-bond acceptors (Lipinski definition) is 4. The standard InChI is InChI=1S/C13H25NO3/c1-6-17-13(16)8-12(15)9-14(5)11(4)7-10(2)3/h10-11H,6-9H2,1-5H3. The molecule has 0 radical (unpaired) electrons. The molecule has 0 fully saturated rings. The average molecular weight is 243 g/mol. The van der Waals surface area contributed by atoms with Crippen molar-refractivity contribution in [3.8, 4) is 0 Å². The van der Waals surface area contributed by atoms with E-state index in [0.717, 1.165) is 6.42 Å². The molecule has 0 aliphatic carbocycles. The fraction of sp³-hybridized carbons (Fsp3) is 0.846. The summed E-state index contributed by atoms with van der Waals surface area (Å²) in [5, 5.41) is 0. The molecule has 0 spiro atoms. The molecule has 4 heteroatoms. The van der Waals surface area contributed by atoms with Gasteiger partial charge in [-0.1, -0.05) is 13.8 Å². The van der Waals surface area contributed by atoms with E-state index in [2.05, 4.69) is 20.8 Å². The van der Waals surface area contributed by atoms with E-state index in [1.165, 1.54) is 0 Å². The number of hydrogen-bond donors (Lipinski definition) is 0. The van der Waals surface area contributed by atoms with Gasteiger partial charge in [-0.15, -0.1) is 0 Å². The van der Waals surface area contributed by atoms with Crippen molar-refractivity contribution < 1.29 is 14.3 Å². The van der Waals surface area contributed by atoms with Crippen molar-refractivity contribution in [1.29, 1.82) is 0 Å². The molecule has 0 aromatic carbocycles. The molecule has 0 amide bonds. The summed E-state index contributed by atoms with van der Waals surface area (Å²) in [6.07, 6.45) is 0.926. The molecule has 100 valence electrons. The third-order valence-corrected chi connectivity index (χ3v) is 2.64. The molecule has 4 nitrogen and oxygen atoms in total. The molecule has 0 heterocycles. The van der Waals surface area contributed by atoms with Crippen LogP contribution in [-0.4, -0.2) is 42.9 Å². The topological polar surface area (TPSA) is 46.6 Å². The molecule has 1 atom stereocenters. The van der Waals surface area contributed by atoms with Crippen LogP contribution in [0.5, 0.6) is 0 Å². The monoisotopic (exact) mass is 243 g/mol. The Morgan fingerprint density at radius 3 is 2.29 bits per heavy atom. The number of nitrogens with zero attached hydrogens (tertiary/aromatic N) is 1. The summed E-state index contributed by atoms with van der Waals surface area (Å²) in [6.45, 7) is 8.78. The predicted octanol–water partition coefficient (Wildman–Crippen LogP) is 1.88. The van der Waals surface area contributed by atoms with Crippen LogP contribution in [0, 0.1) is 5.92 Å². The summed E-state index contributed by atoms with van der Waals surface area (Å²) < 4.78 is 4.74. The Morgan fingerprint density at radius 1 is 1.24 bits per heavy atom. The van der Waals surface area contributed by atoms with E-state index in [0.29, 0.717) is 25.1 Å². The Bertz CT molecular complexity index is 251. The lowest BCUT2D eigenvalue weighted by Gasteiger charge is -2.25. The first kappa shape index (κ1) is 16.1. The zero-order valence-corrected chi connectivity index (χ0v) is 11.7. The lowest BCUT2D eigenvalue weighted by Crippen LogP contribution is -2.35. The van der Waals surface area contributed by atoms with Gasteiger partial charge in [-0.2, -0.15) is 0 Å². The normalized spacial score (nSPS) is 12.9. The highest BCUT2D eigenvalue weighted by molar-refractivity contribution is 5.96. The summed E-state index contributed by atoms with van der Waals surface area (Å²) in [7, 11) is 1.91. The third kappa shape index (κ3) is 7.91. The van der Waals surface area contributed by atoms with Crippen molar-refractivity contribution in [3.63, 3.8) is 0 Å². The van der Waals surface area contributed by atoms with Gasteiger partial charge < -0.3 is 4.74 Å². The second kappa shape index (κ2) is 8.23. The van der Waals surface area contributed by atoms with Crippen LogP contribution in [0.1, 0.15) is 40.5 Å². The van der Waals surface area contributed by atoms with Gasteiger partial charge in [0, 0.05) is 6.04 Å². The van der Waals surface area contributed by atoms with E-state index in [1.54, 1.807) is 6.92 Å². The van der Waals surface area contributed by atoms with Crippen LogP contribution in [0.2, 0.25) is 0 Å². The van der Waals surface area contributed by atoms with Gasteiger partial charge in [-0.3, -0.25) is 14.5 Å². The van der Waals surface area contributed by atoms with E-state index in [4.69, 9.17) is 4.74 Å². The maximum Gasteiger partial charge on any atom is 0.313 e. The van der Waals surface area contributed by atoms with Gasteiger partial charge in [0.25, 0.3) is 0 Å². The van der Waals surface area contributed by atoms with Crippen molar-refractivity contribution >= 4 is 11.8 Å². The lowest BCUT2D eigenvalue weighted by atomic mass is 10.0. The van der Waals surface area contributed by atoms with Crippen LogP contribution >= 0.6 is 0 Å². The van der Waals surface area contributed by atoms with Crippen LogP contribution in [0.25, 0.3) is 0 Å². The maximum atomic E-state index is 11.6. The molecule has 0 aromatic heterocycles. The van der Waals surface area contributed by atoms with E-state index in [1.807, 2.05) is 11.9 Å². The molecular weight excluding hydrogens is 218 g/mol. The average Bonchev–Trinajstić information content (AvgIpc) is 2.16. The SMILES string of the molecule is CCOC(=O)CC(=O)CN(C)C(C)CC(C)C. The Hall–Kier alpha value is -0.900. The van der Waals surface area contributed by atoms with Gasteiger partial charge in [0.1, 0.15) is 6.42 Å². The predicted molar refractivity (Wildman–Crippen MR) is 67.8 cm³/mol.